The SMILES string of the molecule is CC(OC(=O)CCCCCCCCCCCCl)C(=O)O. The number of carboxylic acids is 1. The maximum absolute atomic E-state index is 11.3. The van der Waals surface area contributed by atoms with Gasteiger partial charge in [0.2, 0.25) is 0 Å². The maximum Gasteiger partial charge on any atom is 0.344 e. The summed E-state index contributed by atoms with van der Waals surface area (Å²) < 4.78 is 4.75. The number of halogens is 1. The molecule has 5 heteroatoms. The first-order chi connectivity index (χ1) is 9.57. The Balaban J connectivity index is 3.27. The molecule has 0 aromatic rings. The Kier molecular flexibility index (Phi) is 12.7. The standard InChI is InChI=1S/C15H27ClO4/c1-13(15(18)19)20-14(17)11-9-7-5-3-2-4-6-8-10-12-16/h13H,2-12H2,1H3,(H,18,19). The van der Waals surface area contributed by atoms with Crippen LogP contribution in [-0.4, -0.2) is 29.0 Å². The summed E-state index contributed by atoms with van der Waals surface area (Å²) in [6, 6.07) is 0. The molecule has 0 aliphatic carbocycles. The van der Waals surface area contributed by atoms with Crippen LogP contribution in [0.15, 0.2) is 0 Å². The molecule has 0 amide bonds. The van der Waals surface area contributed by atoms with E-state index in [9.17, 15) is 9.59 Å². The van der Waals surface area contributed by atoms with Gasteiger partial charge in [-0.15, -0.1) is 11.6 Å². The minimum absolute atomic E-state index is 0.313. The Labute approximate surface area is 126 Å². The van der Waals surface area contributed by atoms with Crippen molar-refractivity contribution >= 4 is 23.5 Å². The lowest BCUT2D eigenvalue weighted by molar-refractivity contribution is -0.162. The predicted octanol–water partition coefficient (Wildman–Crippen LogP) is 4.14. The predicted molar refractivity (Wildman–Crippen MR) is 80.1 cm³/mol. The van der Waals surface area contributed by atoms with Gasteiger partial charge in [-0.1, -0.05) is 44.9 Å². The highest BCUT2D eigenvalue weighted by Crippen LogP contribution is 2.11. The topological polar surface area (TPSA) is 63.6 Å². The summed E-state index contributed by atoms with van der Waals surface area (Å²) in [4.78, 5) is 21.8. The summed E-state index contributed by atoms with van der Waals surface area (Å²) in [6.07, 6.45) is 9.44. The van der Waals surface area contributed by atoms with Crippen molar-refractivity contribution in [3.05, 3.63) is 0 Å². The molecule has 0 rings (SSSR count). The summed E-state index contributed by atoms with van der Waals surface area (Å²) in [5.74, 6) is -0.759. The van der Waals surface area contributed by atoms with Crippen LogP contribution in [0.1, 0.15) is 71.1 Å². The molecule has 0 aromatic carbocycles. The Bertz CT molecular complexity index is 269. The summed E-state index contributed by atoms with van der Waals surface area (Å²) in [6.45, 7) is 1.37. The van der Waals surface area contributed by atoms with Crippen molar-refractivity contribution in [1.82, 2.24) is 0 Å². The number of hydrogen-bond donors (Lipinski definition) is 1. The minimum Gasteiger partial charge on any atom is -0.479 e. The molecule has 0 aliphatic heterocycles. The average Bonchev–Trinajstić information content (AvgIpc) is 2.40. The van der Waals surface area contributed by atoms with Gasteiger partial charge >= 0.3 is 11.9 Å². The second-order valence-electron chi connectivity index (χ2n) is 5.09. The van der Waals surface area contributed by atoms with Crippen LogP contribution < -0.4 is 0 Å². The molecule has 0 aliphatic rings. The van der Waals surface area contributed by atoms with Gasteiger partial charge in [-0.05, 0) is 19.8 Å². The molecular formula is C15H27ClO4. The number of ether oxygens (including phenoxy) is 1. The van der Waals surface area contributed by atoms with Crippen LogP contribution in [0.3, 0.4) is 0 Å². The van der Waals surface area contributed by atoms with E-state index in [1.165, 1.54) is 39.0 Å². The summed E-state index contributed by atoms with van der Waals surface area (Å²) in [5.41, 5.74) is 0. The molecular weight excluding hydrogens is 280 g/mol. The Morgan fingerprint density at radius 2 is 1.40 bits per heavy atom. The van der Waals surface area contributed by atoms with E-state index >= 15 is 0 Å². The highest BCUT2D eigenvalue weighted by Gasteiger charge is 2.15. The van der Waals surface area contributed by atoms with Gasteiger partial charge in [0.15, 0.2) is 6.10 Å². The van der Waals surface area contributed by atoms with Gasteiger partial charge < -0.3 is 9.84 Å². The van der Waals surface area contributed by atoms with Crippen molar-refractivity contribution in [3.8, 4) is 0 Å². The van der Waals surface area contributed by atoms with Crippen molar-refractivity contribution in [3.63, 3.8) is 0 Å². The van der Waals surface area contributed by atoms with E-state index < -0.39 is 18.0 Å². The molecule has 20 heavy (non-hydrogen) atoms. The van der Waals surface area contributed by atoms with Crippen LogP contribution in [0.5, 0.6) is 0 Å². The van der Waals surface area contributed by atoms with Gasteiger partial charge in [0, 0.05) is 12.3 Å². The van der Waals surface area contributed by atoms with E-state index in [1.807, 2.05) is 0 Å². The Morgan fingerprint density at radius 3 is 1.85 bits per heavy atom. The molecule has 0 saturated carbocycles. The van der Waals surface area contributed by atoms with Crippen molar-refractivity contribution in [1.29, 1.82) is 0 Å². The Hall–Kier alpha value is -0.770. The first-order valence-electron chi connectivity index (χ1n) is 7.56. The van der Waals surface area contributed by atoms with E-state index in [0.717, 1.165) is 31.6 Å². The lowest BCUT2D eigenvalue weighted by Gasteiger charge is -2.08. The highest BCUT2D eigenvalue weighted by atomic mass is 35.5. The number of alkyl halides is 1. The third-order valence-corrected chi connectivity index (χ3v) is 3.44. The fourth-order valence-corrected chi connectivity index (χ4v) is 2.10. The zero-order valence-corrected chi connectivity index (χ0v) is 13.2. The number of carbonyl (C=O) groups is 2. The number of carbonyl (C=O) groups excluding carboxylic acids is 1. The first kappa shape index (κ1) is 19.2. The molecule has 0 radical (unpaired) electrons. The van der Waals surface area contributed by atoms with E-state index in [0.29, 0.717) is 6.42 Å². The molecule has 1 unspecified atom stereocenters. The number of rotatable bonds is 13. The highest BCUT2D eigenvalue weighted by molar-refractivity contribution is 6.17. The molecule has 4 nitrogen and oxygen atoms in total. The number of esters is 1. The Morgan fingerprint density at radius 1 is 0.950 bits per heavy atom. The van der Waals surface area contributed by atoms with E-state index in [4.69, 9.17) is 21.4 Å². The third kappa shape index (κ3) is 12.3. The fraction of sp³-hybridized carbons (Fsp3) is 0.867. The van der Waals surface area contributed by atoms with Crippen molar-refractivity contribution < 1.29 is 19.4 Å². The third-order valence-electron chi connectivity index (χ3n) is 3.17. The van der Waals surface area contributed by atoms with Crippen LogP contribution in [0.4, 0.5) is 0 Å². The molecule has 118 valence electrons. The van der Waals surface area contributed by atoms with Gasteiger partial charge in [-0.2, -0.15) is 0 Å². The second-order valence-corrected chi connectivity index (χ2v) is 5.47. The van der Waals surface area contributed by atoms with Crippen LogP contribution in [0, 0.1) is 0 Å². The van der Waals surface area contributed by atoms with Crippen molar-refractivity contribution in [2.24, 2.45) is 0 Å². The lowest BCUT2D eigenvalue weighted by atomic mass is 10.1. The second kappa shape index (κ2) is 13.2. The molecule has 0 heterocycles. The molecule has 0 bridgehead atoms. The largest absolute Gasteiger partial charge is 0.479 e. The van der Waals surface area contributed by atoms with E-state index in [1.54, 1.807) is 0 Å². The quantitative estimate of drug-likeness (QED) is 0.315. The molecule has 1 atom stereocenters. The fourth-order valence-electron chi connectivity index (χ4n) is 1.91. The van der Waals surface area contributed by atoms with Gasteiger partial charge in [0.05, 0.1) is 0 Å². The summed E-state index contributed by atoms with van der Waals surface area (Å²) in [7, 11) is 0. The summed E-state index contributed by atoms with van der Waals surface area (Å²) >= 11 is 5.60. The maximum atomic E-state index is 11.3. The van der Waals surface area contributed by atoms with Gasteiger partial charge in [0.25, 0.3) is 0 Å². The number of unbranched alkanes of at least 4 members (excludes halogenated alkanes) is 8. The molecule has 0 fully saturated rings. The van der Waals surface area contributed by atoms with Gasteiger partial charge in [-0.3, -0.25) is 4.79 Å². The average molecular weight is 307 g/mol. The van der Waals surface area contributed by atoms with Crippen LogP contribution >= 0.6 is 11.6 Å². The lowest BCUT2D eigenvalue weighted by Crippen LogP contribution is -2.23. The van der Waals surface area contributed by atoms with Gasteiger partial charge in [-0.25, -0.2) is 4.79 Å². The smallest absolute Gasteiger partial charge is 0.344 e. The first-order valence-corrected chi connectivity index (χ1v) is 8.09. The monoisotopic (exact) mass is 306 g/mol. The number of aliphatic carboxylic acids is 1. The number of carboxylic acid groups (broad SMARTS) is 1. The van der Waals surface area contributed by atoms with E-state index in [2.05, 4.69) is 0 Å². The van der Waals surface area contributed by atoms with E-state index in [-0.39, 0.29) is 0 Å². The van der Waals surface area contributed by atoms with Crippen LogP contribution in [-0.2, 0) is 14.3 Å². The zero-order valence-electron chi connectivity index (χ0n) is 12.4. The molecule has 0 spiro atoms. The van der Waals surface area contributed by atoms with Crippen molar-refractivity contribution in [2.45, 2.75) is 77.2 Å². The van der Waals surface area contributed by atoms with Crippen LogP contribution in [0.25, 0.3) is 0 Å². The zero-order chi connectivity index (χ0) is 15.2. The van der Waals surface area contributed by atoms with Crippen LogP contribution in [0.2, 0.25) is 0 Å². The molecule has 0 saturated heterocycles. The molecule has 0 aromatic heterocycles. The van der Waals surface area contributed by atoms with Crippen molar-refractivity contribution in [2.75, 3.05) is 5.88 Å². The summed E-state index contributed by atoms with van der Waals surface area (Å²) in [5, 5.41) is 8.59. The molecule has 1 N–H and O–H groups in total. The minimum atomic E-state index is -1.10. The number of hydrogen-bond acceptors (Lipinski definition) is 3. The normalized spacial score (nSPS) is 12.1. The van der Waals surface area contributed by atoms with Gasteiger partial charge in [0.1, 0.15) is 0 Å².